The van der Waals surface area contributed by atoms with E-state index in [0.717, 1.165) is 37.3 Å². The second-order valence-electron chi connectivity index (χ2n) is 9.81. The number of likely N-dealkylation sites (tertiary alicyclic amines) is 1. The zero-order chi connectivity index (χ0) is 24.1. The van der Waals surface area contributed by atoms with Crippen molar-refractivity contribution in [1.29, 1.82) is 0 Å². The summed E-state index contributed by atoms with van der Waals surface area (Å²) in [4.78, 5) is 13.2. The van der Waals surface area contributed by atoms with Crippen LogP contribution in [-0.2, 0) is 24.2 Å². The Morgan fingerprint density at radius 3 is 2.35 bits per heavy atom. The van der Waals surface area contributed by atoms with Crippen LogP contribution < -0.4 is 0 Å². The molecule has 0 amide bonds. The lowest BCUT2D eigenvalue weighted by Crippen LogP contribution is -2.49. The first-order chi connectivity index (χ1) is 16.4. The van der Waals surface area contributed by atoms with Gasteiger partial charge in [0, 0.05) is 24.7 Å². The fraction of sp³-hybridized carbons (Fsp3) is 0.367. The standard InChI is InChI=1S/C30H34ClNO2/c1-21-9-10-25(15-22(21)2)16-26(27-7-4-8-29(31)17-27)6-3-5-23-11-13-24(14-12-23)18-32-19-28(20-32)30(33)34/h4,7-15,17,26,28H,3,5-6,16,18-20H2,1-2H3,(H,33,34). The van der Waals surface area contributed by atoms with E-state index < -0.39 is 5.97 Å². The Labute approximate surface area is 208 Å². The molecule has 0 saturated carbocycles. The summed E-state index contributed by atoms with van der Waals surface area (Å²) < 4.78 is 0. The third-order valence-corrected chi connectivity index (χ3v) is 7.36. The van der Waals surface area contributed by atoms with Crippen LogP contribution in [0.3, 0.4) is 0 Å². The van der Waals surface area contributed by atoms with Gasteiger partial charge in [-0.05, 0) is 91.0 Å². The first-order valence-corrected chi connectivity index (χ1v) is 12.6. The number of carbonyl (C=O) groups is 1. The molecular formula is C30H34ClNO2. The predicted molar refractivity (Wildman–Crippen MR) is 140 cm³/mol. The molecule has 3 nitrogen and oxygen atoms in total. The van der Waals surface area contributed by atoms with Crippen molar-refractivity contribution in [3.8, 4) is 0 Å². The molecule has 0 spiro atoms. The summed E-state index contributed by atoms with van der Waals surface area (Å²) in [6.07, 6.45) is 4.30. The van der Waals surface area contributed by atoms with Gasteiger partial charge in [-0.3, -0.25) is 9.69 Å². The van der Waals surface area contributed by atoms with Gasteiger partial charge in [0.15, 0.2) is 0 Å². The van der Waals surface area contributed by atoms with Crippen LogP contribution in [0, 0.1) is 19.8 Å². The molecule has 1 saturated heterocycles. The lowest BCUT2D eigenvalue weighted by atomic mass is 9.86. The maximum atomic E-state index is 11.0. The lowest BCUT2D eigenvalue weighted by Gasteiger charge is -2.36. The van der Waals surface area contributed by atoms with Gasteiger partial charge in [0.2, 0.25) is 0 Å². The van der Waals surface area contributed by atoms with E-state index in [2.05, 4.69) is 79.4 Å². The number of hydrogen-bond acceptors (Lipinski definition) is 2. The number of hydrogen-bond donors (Lipinski definition) is 1. The van der Waals surface area contributed by atoms with Gasteiger partial charge in [0.25, 0.3) is 0 Å². The van der Waals surface area contributed by atoms with Crippen molar-refractivity contribution in [2.45, 2.75) is 52.0 Å². The lowest BCUT2D eigenvalue weighted by molar-refractivity contribution is -0.147. The van der Waals surface area contributed by atoms with Crippen LogP contribution in [0.1, 0.15) is 52.1 Å². The molecule has 4 heteroatoms. The van der Waals surface area contributed by atoms with E-state index in [9.17, 15) is 4.79 Å². The Morgan fingerprint density at radius 2 is 1.68 bits per heavy atom. The van der Waals surface area contributed by atoms with Gasteiger partial charge in [-0.1, -0.05) is 66.2 Å². The third-order valence-electron chi connectivity index (χ3n) is 7.13. The van der Waals surface area contributed by atoms with Gasteiger partial charge in [-0.15, -0.1) is 0 Å². The molecule has 1 aliphatic heterocycles. The van der Waals surface area contributed by atoms with Gasteiger partial charge < -0.3 is 5.11 Å². The van der Waals surface area contributed by atoms with Crippen LogP contribution >= 0.6 is 11.6 Å². The highest BCUT2D eigenvalue weighted by Crippen LogP contribution is 2.29. The normalized spacial score (nSPS) is 15.1. The predicted octanol–water partition coefficient (Wildman–Crippen LogP) is 6.82. The highest BCUT2D eigenvalue weighted by molar-refractivity contribution is 6.30. The molecule has 0 radical (unpaired) electrons. The summed E-state index contributed by atoms with van der Waals surface area (Å²) in [7, 11) is 0. The van der Waals surface area contributed by atoms with Crippen molar-refractivity contribution < 1.29 is 9.90 Å². The average molecular weight is 476 g/mol. The molecule has 34 heavy (non-hydrogen) atoms. The molecule has 1 aliphatic rings. The number of aliphatic carboxylic acids is 1. The Kier molecular flexibility index (Phi) is 8.07. The van der Waals surface area contributed by atoms with Gasteiger partial charge >= 0.3 is 5.97 Å². The fourth-order valence-electron chi connectivity index (χ4n) is 4.84. The molecule has 178 valence electrons. The molecule has 3 aromatic rings. The topological polar surface area (TPSA) is 40.5 Å². The largest absolute Gasteiger partial charge is 0.481 e. The van der Waals surface area contributed by atoms with E-state index in [1.54, 1.807) is 0 Å². The van der Waals surface area contributed by atoms with Crippen molar-refractivity contribution in [1.82, 2.24) is 4.90 Å². The maximum Gasteiger partial charge on any atom is 0.309 e. The molecule has 1 fully saturated rings. The van der Waals surface area contributed by atoms with E-state index >= 15 is 0 Å². The number of halogens is 1. The van der Waals surface area contributed by atoms with Crippen LogP contribution in [0.4, 0.5) is 0 Å². The van der Waals surface area contributed by atoms with Crippen molar-refractivity contribution in [2.24, 2.45) is 5.92 Å². The van der Waals surface area contributed by atoms with Gasteiger partial charge in [0.1, 0.15) is 0 Å². The number of carboxylic acids is 1. The number of benzene rings is 3. The van der Waals surface area contributed by atoms with E-state index in [0.29, 0.717) is 19.0 Å². The van der Waals surface area contributed by atoms with Crippen LogP contribution in [0.25, 0.3) is 0 Å². The van der Waals surface area contributed by atoms with E-state index in [4.69, 9.17) is 16.7 Å². The van der Waals surface area contributed by atoms with Crippen LogP contribution in [0.2, 0.25) is 5.02 Å². The average Bonchev–Trinajstić information content (AvgIpc) is 2.78. The quantitative estimate of drug-likeness (QED) is 0.349. The first kappa shape index (κ1) is 24.5. The number of carboxylic acid groups (broad SMARTS) is 1. The first-order valence-electron chi connectivity index (χ1n) is 12.2. The van der Waals surface area contributed by atoms with Crippen molar-refractivity contribution in [2.75, 3.05) is 13.1 Å². The van der Waals surface area contributed by atoms with E-state index in [-0.39, 0.29) is 5.92 Å². The maximum absolute atomic E-state index is 11.0. The second kappa shape index (κ2) is 11.2. The number of nitrogens with zero attached hydrogens (tertiary/aromatic N) is 1. The zero-order valence-electron chi connectivity index (χ0n) is 20.1. The zero-order valence-corrected chi connectivity index (χ0v) is 20.9. The third kappa shape index (κ3) is 6.49. The summed E-state index contributed by atoms with van der Waals surface area (Å²) in [6, 6.07) is 24.0. The van der Waals surface area contributed by atoms with Gasteiger partial charge in [0.05, 0.1) is 5.92 Å². The van der Waals surface area contributed by atoms with E-state index in [1.165, 1.54) is 33.4 Å². The van der Waals surface area contributed by atoms with Gasteiger partial charge in [-0.25, -0.2) is 0 Å². The summed E-state index contributed by atoms with van der Waals surface area (Å²) in [6.45, 7) is 6.49. The Morgan fingerprint density at radius 1 is 0.971 bits per heavy atom. The Balaban J connectivity index is 1.34. The molecule has 0 aromatic heterocycles. The van der Waals surface area contributed by atoms with Crippen LogP contribution in [-0.4, -0.2) is 29.1 Å². The molecule has 1 atom stereocenters. The summed E-state index contributed by atoms with van der Waals surface area (Å²) in [5.41, 5.74) is 7.98. The van der Waals surface area contributed by atoms with Crippen molar-refractivity contribution in [3.63, 3.8) is 0 Å². The summed E-state index contributed by atoms with van der Waals surface area (Å²) >= 11 is 6.32. The highest BCUT2D eigenvalue weighted by Gasteiger charge is 2.32. The summed E-state index contributed by atoms with van der Waals surface area (Å²) in [5.74, 6) is -0.440. The minimum Gasteiger partial charge on any atom is -0.481 e. The SMILES string of the molecule is Cc1ccc(CC(CCCc2ccc(CN3CC(C(=O)O)C3)cc2)c2cccc(Cl)c2)cc1C. The smallest absolute Gasteiger partial charge is 0.309 e. The molecule has 1 unspecified atom stereocenters. The monoisotopic (exact) mass is 475 g/mol. The molecule has 0 aliphatic carbocycles. The Bertz CT molecular complexity index is 1120. The fourth-order valence-corrected chi connectivity index (χ4v) is 5.04. The minimum atomic E-state index is -0.680. The highest BCUT2D eigenvalue weighted by atomic mass is 35.5. The van der Waals surface area contributed by atoms with Crippen molar-refractivity contribution >= 4 is 17.6 Å². The second-order valence-corrected chi connectivity index (χ2v) is 10.2. The molecule has 1 N–H and O–H groups in total. The van der Waals surface area contributed by atoms with Gasteiger partial charge in [-0.2, -0.15) is 0 Å². The molecule has 1 heterocycles. The van der Waals surface area contributed by atoms with Crippen LogP contribution in [0.15, 0.2) is 66.7 Å². The number of rotatable bonds is 10. The molecule has 4 rings (SSSR count). The van der Waals surface area contributed by atoms with E-state index in [1.807, 2.05) is 6.07 Å². The summed E-state index contributed by atoms with van der Waals surface area (Å²) in [5, 5.41) is 9.83. The molecule has 3 aromatic carbocycles. The Hall–Kier alpha value is -2.62. The molecular weight excluding hydrogens is 442 g/mol. The minimum absolute atomic E-state index is 0.199. The number of aryl methyl sites for hydroxylation is 3. The van der Waals surface area contributed by atoms with Crippen LogP contribution in [0.5, 0.6) is 0 Å². The molecule has 0 bridgehead atoms. The van der Waals surface area contributed by atoms with Crippen molar-refractivity contribution in [3.05, 3.63) is 105 Å².